The van der Waals surface area contributed by atoms with Crippen LogP contribution in [-0.2, 0) is 6.42 Å². The molecular formula is C15H17N3O2. The van der Waals surface area contributed by atoms with Crippen LogP contribution in [0.4, 0.5) is 11.5 Å². The van der Waals surface area contributed by atoms with E-state index in [2.05, 4.69) is 29.4 Å². The Morgan fingerprint density at radius 1 is 1.20 bits per heavy atom. The molecule has 0 saturated heterocycles. The molecule has 0 radical (unpaired) electrons. The summed E-state index contributed by atoms with van der Waals surface area (Å²) in [5.41, 5.74) is 3.23. The fraction of sp³-hybridized carbons (Fsp3) is 0.267. The second-order valence-corrected chi connectivity index (χ2v) is 4.68. The first-order chi connectivity index (χ1) is 9.58. The first kappa shape index (κ1) is 14.0. The fourth-order valence-electron chi connectivity index (χ4n) is 2.03. The fourth-order valence-corrected chi connectivity index (χ4v) is 2.03. The predicted molar refractivity (Wildman–Crippen MR) is 79.0 cm³/mol. The van der Waals surface area contributed by atoms with Gasteiger partial charge in [-0.3, -0.25) is 10.1 Å². The van der Waals surface area contributed by atoms with Crippen molar-refractivity contribution in [2.75, 3.05) is 11.9 Å². The standard InChI is InChI=1S/C15H17N3O2/c1-11-5-3-4-6-13(11)9-10-16-15-14(18(19)20)8-7-12(2)17-15/h3-8H,9-10H2,1-2H3,(H,16,17). The van der Waals surface area contributed by atoms with E-state index in [0.717, 1.165) is 12.1 Å². The van der Waals surface area contributed by atoms with Crippen LogP contribution >= 0.6 is 0 Å². The highest BCUT2D eigenvalue weighted by Crippen LogP contribution is 2.21. The van der Waals surface area contributed by atoms with Crippen LogP contribution in [0.2, 0.25) is 0 Å². The molecule has 0 amide bonds. The van der Waals surface area contributed by atoms with E-state index in [1.807, 2.05) is 19.1 Å². The van der Waals surface area contributed by atoms with E-state index in [4.69, 9.17) is 0 Å². The van der Waals surface area contributed by atoms with Gasteiger partial charge in [0.15, 0.2) is 0 Å². The molecule has 0 aliphatic heterocycles. The van der Waals surface area contributed by atoms with Crippen LogP contribution in [0.15, 0.2) is 36.4 Å². The topological polar surface area (TPSA) is 68.1 Å². The van der Waals surface area contributed by atoms with Crippen molar-refractivity contribution < 1.29 is 4.92 Å². The minimum Gasteiger partial charge on any atom is -0.364 e. The molecule has 0 saturated carbocycles. The number of hydrogen-bond acceptors (Lipinski definition) is 4. The third kappa shape index (κ3) is 3.32. The van der Waals surface area contributed by atoms with Crippen LogP contribution in [0.25, 0.3) is 0 Å². The summed E-state index contributed by atoms with van der Waals surface area (Å²) >= 11 is 0. The Labute approximate surface area is 117 Å². The normalized spacial score (nSPS) is 10.3. The van der Waals surface area contributed by atoms with Crippen molar-refractivity contribution in [3.05, 3.63) is 63.3 Å². The Bertz CT molecular complexity index is 626. The zero-order valence-corrected chi connectivity index (χ0v) is 11.6. The lowest BCUT2D eigenvalue weighted by Crippen LogP contribution is -2.09. The molecule has 1 aromatic carbocycles. The second kappa shape index (κ2) is 6.14. The summed E-state index contributed by atoms with van der Waals surface area (Å²) in [4.78, 5) is 14.7. The minimum absolute atomic E-state index is 0.0142. The minimum atomic E-state index is -0.414. The molecule has 0 bridgehead atoms. The van der Waals surface area contributed by atoms with E-state index in [9.17, 15) is 10.1 Å². The number of nitrogens with one attached hydrogen (secondary N) is 1. The smallest absolute Gasteiger partial charge is 0.311 e. The number of nitro groups is 1. The molecular weight excluding hydrogens is 254 g/mol. The van der Waals surface area contributed by atoms with Gasteiger partial charge in [-0.05, 0) is 37.5 Å². The Hall–Kier alpha value is -2.43. The molecule has 0 unspecified atom stereocenters. The Morgan fingerprint density at radius 3 is 2.65 bits per heavy atom. The lowest BCUT2D eigenvalue weighted by Gasteiger charge is -2.08. The Morgan fingerprint density at radius 2 is 1.95 bits per heavy atom. The summed E-state index contributed by atoms with van der Waals surface area (Å²) in [7, 11) is 0. The number of aromatic nitrogens is 1. The van der Waals surface area contributed by atoms with E-state index in [1.54, 1.807) is 6.07 Å². The van der Waals surface area contributed by atoms with Crippen molar-refractivity contribution in [3.8, 4) is 0 Å². The second-order valence-electron chi connectivity index (χ2n) is 4.68. The van der Waals surface area contributed by atoms with Crippen molar-refractivity contribution in [1.82, 2.24) is 4.98 Å². The predicted octanol–water partition coefficient (Wildman–Crippen LogP) is 3.26. The van der Waals surface area contributed by atoms with Crippen molar-refractivity contribution >= 4 is 11.5 Å². The highest BCUT2D eigenvalue weighted by molar-refractivity contribution is 5.56. The highest BCUT2D eigenvalue weighted by atomic mass is 16.6. The zero-order chi connectivity index (χ0) is 14.5. The third-order valence-electron chi connectivity index (χ3n) is 3.16. The maximum atomic E-state index is 10.9. The molecule has 0 aliphatic rings. The molecule has 5 nitrogen and oxygen atoms in total. The van der Waals surface area contributed by atoms with Gasteiger partial charge in [-0.25, -0.2) is 4.98 Å². The number of aryl methyl sites for hydroxylation is 2. The van der Waals surface area contributed by atoms with E-state index >= 15 is 0 Å². The summed E-state index contributed by atoms with van der Waals surface area (Å²) in [6, 6.07) is 11.2. The summed E-state index contributed by atoms with van der Waals surface area (Å²) in [5.74, 6) is 0.337. The molecule has 0 spiro atoms. The molecule has 1 heterocycles. The Kier molecular flexibility index (Phi) is 4.30. The van der Waals surface area contributed by atoms with Crippen LogP contribution < -0.4 is 5.32 Å². The van der Waals surface area contributed by atoms with Crippen LogP contribution in [0, 0.1) is 24.0 Å². The van der Waals surface area contributed by atoms with Gasteiger partial charge in [0, 0.05) is 18.3 Å². The molecule has 104 valence electrons. The van der Waals surface area contributed by atoms with Gasteiger partial charge in [0.2, 0.25) is 5.82 Å². The number of nitrogens with zero attached hydrogens (tertiary/aromatic N) is 2. The van der Waals surface area contributed by atoms with Crippen molar-refractivity contribution in [3.63, 3.8) is 0 Å². The van der Waals surface area contributed by atoms with E-state index in [0.29, 0.717) is 12.4 Å². The number of rotatable bonds is 5. The van der Waals surface area contributed by atoms with Crippen molar-refractivity contribution in [2.24, 2.45) is 0 Å². The van der Waals surface area contributed by atoms with Crippen LogP contribution in [0.5, 0.6) is 0 Å². The molecule has 1 aromatic heterocycles. The lowest BCUT2D eigenvalue weighted by atomic mass is 10.1. The first-order valence-corrected chi connectivity index (χ1v) is 6.48. The van der Waals surface area contributed by atoms with Crippen LogP contribution in [-0.4, -0.2) is 16.5 Å². The zero-order valence-electron chi connectivity index (χ0n) is 11.6. The summed E-state index contributed by atoms with van der Waals surface area (Å²) in [6.45, 7) is 4.49. The molecule has 0 fully saturated rings. The molecule has 0 atom stereocenters. The molecule has 0 aliphatic carbocycles. The van der Waals surface area contributed by atoms with E-state index in [1.165, 1.54) is 17.2 Å². The average molecular weight is 271 g/mol. The average Bonchev–Trinajstić information content (AvgIpc) is 2.41. The molecule has 5 heteroatoms. The number of benzene rings is 1. The van der Waals surface area contributed by atoms with Crippen LogP contribution in [0.1, 0.15) is 16.8 Å². The molecule has 20 heavy (non-hydrogen) atoms. The van der Waals surface area contributed by atoms with Gasteiger partial charge in [-0.2, -0.15) is 0 Å². The summed E-state index contributed by atoms with van der Waals surface area (Å²) in [6.07, 6.45) is 0.805. The maximum absolute atomic E-state index is 10.9. The largest absolute Gasteiger partial charge is 0.364 e. The molecule has 2 aromatic rings. The SMILES string of the molecule is Cc1ccc([N+](=O)[O-])c(NCCc2ccccc2C)n1. The summed E-state index contributed by atoms with van der Waals surface area (Å²) < 4.78 is 0. The third-order valence-corrected chi connectivity index (χ3v) is 3.16. The van der Waals surface area contributed by atoms with Gasteiger partial charge in [0.1, 0.15) is 0 Å². The van der Waals surface area contributed by atoms with Gasteiger partial charge >= 0.3 is 5.69 Å². The molecule has 2 rings (SSSR count). The number of anilines is 1. The van der Waals surface area contributed by atoms with Crippen molar-refractivity contribution in [2.45, 2.75) is 20.3 Å². The molecule has 1 N–H and O–H groups in total. The van der Waals surface area contributed by atoms with Crippen LogP contribution in [0.3, 0.4) is 0 Å². The van der Waals surface area contributed by atoms with Gasteiger partial charge in [0.05, 0.1) is 4.92 Å². The monoisotopic (exact) mass is 271 g/mol. The van der Waals surface area contributed by atoms with Crippen molar-refractivity contribution in [1.29, 1.82) is 0 Å². The van der Waals surface area contributed by atoms with Gasteiger partial charge in [0.25, 0.3) is 0 Å². The first-order valence-electron chi connectivity index (χ1n) is 6.48. The maximum Gasteiger partial charge on any atom is 0.311 e. The van der Waals surface area contributed by atoms with Gasteiger partial charge in [-0.15, -0.1) is 0 Å². The summed E-state index contributed by atoms with van der Waals surface area (Å²) in [5, 5.41) is 14.0. The Balaban J connectivity index is 2.06. The van der Waals surface area contributed by atoms with Gasteiger partial charge in [-0.1, -0.05) is 24.3 Å². The number of hydrogen-bond donors (Lipinski definition) is 1. The highest BCUT2D eigenvalue weighted by Gasteiger charge is 2.14. The lowest BCUT2D eigenvalue weighted by molar-refractivity contribution is -0.384. The van der Waals surface area contributed by atoms with E-state index < -0.39 is 4.92 Å². The van der Waals surface area contributed by atoms with Gasteiger partial charge < -0.3 is 5.32 Å². The number of pyridine rings is 1. The van der Waals surface area contributed by atoms with E-state index in [-0.39, 0.29) is 5.69 Å². The quantitative estimate of drug-likeness (QED) is 0.669.